The molecule has 0 aromatic carbocycles. The molecule has 12 heteroatoms. The third-order valence-corrected chi connectivity index (χ3v) is 0. The Labute approximate surface area is 110 Å². The number of phosphoric acid groups is 1. The molecule has 0 aliphatic heterocycles. The van der Waals surface area contributed by atoms with Crippen LogP contribution in [0.4, 0.5) is 0 Å². The fraction of sp³-hybridized carbons (Fsp3) is 0. The van der Waals surface area contributed by atoms with Gasteiger partial charge in [-0.25, -0.2) is 0 Å². The van der Waals surface area contributed by atoms with Crippen molar-refractivity contribution >= 4 is 7.82 Å². The van der Waals surface area contributed by atoms with Gasteiger partial charge in [0.1, 0.15) is 0 Å². The molecule has 0 amide bonds. The van der Waals surface area contributed by atoms with Crippen LogP contribution in [0.15, 0.2) is 0 Å². The van der Waals surface area contributed by atoms with Crippen LogP contribution in [0.25, 0.3) is 0 Å². The molecule has 14 N–H and O–H groups in total. The maximum Gasteiger partial charge on any atom is 1.00 e. The summed E-state index contributed by atoms with van der Waals surface area (Å²) in [5.41, 5.74) is 0. The summed E-state index contributed by atoms with van der Waals surface area (Å²) in [6.45, 7) is 0. The summed E-state index contributed by atoms with van der Waals surface area (Å²) in [5, 5.41) is 0. The molecule has 12 heavy (non-hydrogen) atoms. The van der Waals surface area contributed by atoms with E-state index in [0.717, 1.165) is 0 Å². The van der Waals surface area contributed by atoms with Gasteiger partial charge in [-0.2, -0.15) is 0 Å². The normalized spacial score (nSPS) is 4.92. The molecule has 0 saturated carbocycles. The molecular formula is H14KO10P. The van der Waals surface area contributed by atoms with Crippen LogP contribution in [0.1, 0.15) is 0 Å². The fourth-order valence-corrected chi connectivity index (χ4v) is 0. The minimum Gasteiger partial charge on any atom is -0.756 e. The Kier molecular flexibility index (Phi) is 171. The molecule has 0 aromatic heterocycles. The molecule has 0 unspecified atom stereocenters. The van der Waals surface area contributed by atoms with Crippen molar-refractivity contribution in [2.75, 3.05) is 0 Å². The van der Waals surface area contributed by atoms with E-state index < -0.39 is 7.82 Å². The molecule has 0 rings (SSSR count). The van der Waals surface area contributed by atoms with Crippen LogP contribution in [0, 0.1) is 0 Å². The standard InChI is InChI=1S/K.H3O4P.6H2O/c;1-5(2,3)4;;;;;;/h;(H3,1,2,3,4);6*1H2/q+1;;;;;;;/p-1. The first-order valence-corrected chi connectivity index (χ1v) is 2.30. The molecule has 0 heterocycles. The SMILES string of the molecule is O.O.O.O.O.O.O=P([O-])(O)O.[K+]. The molecule has 80 valence electrons. The van der Waals surface area contributed by atoms with Crippen molar-refractivity contribution in [3.63, 3.8) is 0 Å². The first-order valence-electron chi connectivity index (χ1n) is 0.765. The van der Waals surface area contributed by atoms with Gasteiger partial charge < -0.3 is 47.5 Å². The minimum atomic E-state index is -4.89. The topological polar surface area (TPSA) is 270 Å². The molecule has 0 radical (unpaired) electrons. The van der Waals surface area contributed by atoms with Crippen molar-refractivity contribution in [3.8, 4) is 0 Å². The summed E-state index contributed by atoms with van der Waals surface area (Å²) in [6, 6.07) is 0. The Hall–Kier alpha value is 1.51. The first-order chi connectivity index (χ1) is 2.00. The third-order valence-electron chi connectivity index (χ3n) is 0. The van der Waals surface area contributed by atoms with Gasteiger partial charge in [-0.1, -0.05) is 0 Å². The smallest absolute Gasteiger partial charge is 0.756 e. The van der Waals surface area contributed by atoms with Crippen molar-refractivity contribution in [1.29, 1.82) is 0 Å². The molecule has 0 fully saturated rings. The summed E-state index contributed by atoms with van der Waals surface area (Å²) in [4.78, 5) is 22.9. The average Bonchev–Trinajstić information content (AvgIpc) is 0.722. The summed E-state index contributed by atoms with van der Waals surface area (Å²) < 4.78 is 8.77. The molecular weight excluding hydrogens is 230 g/mol. The van der Waals surface area contributed by atoms with Gasteiger partial charge in [0, 0.05) is 0 Å². The second-order valence-electron chi connectivity index (χ2n) is 0.491. The maximum atomic E-state index is 8.77. The van der Waals surface area contributed by atoms with Crippen LogP contribution in [0.3, 0.4) is 0 Å². The van der Waals surface area contributed by atoms with Crippen molar-refractivity contribution in [3.05, 3.63) is 0 Å². The maximum absolute atomic E-state index is 8.77. The second-order valence-corrected chi connectivity index (χ2v) is 1.47. The van der Waals surface area contributed by atoms with E-state index in [2.05, 4.69) is 0 Å². The van der Waals surface area contributed by atoms with Crippen LogP contribution < -0.4 is 56.3 Å². The van der Waals surface area contributed by atoms with Gasteiger partial charge in [0.2, 0.25) is 0 Å². The zero-order valence-corrected chi connectivity index (χ0v) is 10.2. The van der Waals surface area contributed by atoms with E-state index in [1.54, 1.807) is 0 Å². The van der Waals surface area contributed by atoms with Crippen LogP contribution in [0.2, 0.25) is 0 Å². The van der Waals surface area contributed by atoms with Crippen molar-refractivity contribution < 1.29 is 103 Å². The molecule has 0 aliphatic rings. The van der Waals surface area contributed by atoms with Gasteiger partial charge in [0.15, 0.2) is 0 Å². The molecule has 0 saturated heterocycles. The molecule has 0 spiro atoms. The number of hydrogen-bond donors (Lipinski definition) is 2. The average molecular weight is 244 g/mol. The molecule has 10 nitrogen and oxygen atoms in total. The van der Waals surface area contributed by atoms with Crippen LogP contribution in [0.5, 0.6) is 0 Å². The van der Waals surface area contributed by atoms with E-state index in [-0.39, 0.29) is 84.2 Å². The Morgan fingerprint density at radius 1 is 0.833 bits per heavy atom. The predicted octanol–water partition coefficient (Wildman–Crippen LogP) is -9.50. The Bertz CT molecular complexity index is 56.0. The fourth-order valence-electron chi connectivity index (χ4n) is 0. The van der Waals surface area contributed by atoms with E-state index in [1.807, 2.05) is 0 Å². The minimum absolute atomic E-state index is 0. The Balaban J connectivity index is -0.00000000381. The first kappa shape index (κ1) is 69.7. The van der Waals surface area contributed by atoms with Gasteiger partial charge in [0.25, 0.3) is 7.82 Å². The van der Waals surface area contributed by atoms with Crippen molar-refractivity contribution in [2.45, 2.75) is 0 Å². The summed E-state index contributed by atoms with van der Waals surface area (Å²) in [5.74, 6) is 0. The van der Waals surface area contributed by atoms with Crippen LogP contribution >= 0.6 is 7.82 Å². The van der Waals surface area contributed by atoms with Gasteiger partial charge in [-0.3, -0.25) is 4.57 Å². The third kappa shape index (κ3) is 560. The zero-order chi connectivity index (χ0) is 4.50. The Morgan fingerprint density at radius 3 is 0.833 bits per heavy atom. The number of rotatable bonds is 0. The van der Waals surface area contributed by atoms with Crippen molar-refractivity contribution in [1.82, 2.24) is 0 Å². The van der Waals surface area contributed by atoms with Gasteiger partial charge in [-0.05, 0) is 0 Å². The molecule has 0 aromatic rings. The summed E-state index contributed by atoms with van der Waals surface area (Å²) >= 11 is 0. The van der Waals surface area contributed by atoms with E-state index in [0.29, 0.717) is 0 Å². The summed E-state index contributed by atoms with van der Waals surface area (Å²) in [7, 11) is -4.89. The van der Waals surface area contributed by atoms with Crippen LogP contribution in [-0.2, 0) is 4.57 Å². The van der Waals surface area contributed by atoms with E-state index >= 15 is 0 Å². The molecule has 0 aliphatic carbocycles. The monoisotopic (exact) mass is 244 g/mol. The predicted molar refractivity (Wildman–Crippen MR) is 33.7 cm³/mol. The largest absolute Gasteiger partial charge is 1.00 e. The second kappa shape index (κ2) is 29.4. The van der Waals surface area contributed by atoms with Crippen molar-refractivity contribution in [2.24, 2.45) is 0 Å². The van der Waals surface area contributed by atoms with E-state index in [9.17, 15) is 0 Å². The number of hydrogen-bond acceptors (Lipinski definition) is 2. The Morgan fingerprint density at radius 2 is 0.833 bits per heavy atom. The van der Waals surface area contributed by atoms with E-state index in [1.165, 1.54) is 0 Å². The van der Waals surface area contributed by atoms with Gasteiger partial charge >= 0.3 is 51.4 Å². The van der Waals surface area contributed by atoms with Crippen LogP contribution in [-0.4, -0.2) is 42.6 Å². The molecule has 0 bridgehead atoms. The molecule has 0 atom stereocenters. The zero-order valence-electron chi connectivity index (χ0n) is 6.16. The quantitative estimate of drug-likeness (QED) is 0.309. The van der Waals surface area contributed by atoms with Gasteiger partial charge in [-0.15, -0.1) is 0 Å². The summed E-state index contributed by atoms with van der Waals surface area (Å²) in [6.07, 6.45) is 0. The van der Waals surface area contributed by atoms with E-state index in [4.69, 9.17) is 19.2 Å². The van der Waals surface area contributed by atoms with Gasteiger partial charge in [0.05, 0.1) is 0 Å².